The van der Waals surface area contributed by atoms with E-state index in [1.807, 2.05) is 30.0 Å². The number of halogens is 2. The van der Waals surface area contributed by atoms with Gasteiger partial charge in [0.2, 0.25) is 11.2 Å². The fraction of sp³-hybridized carbons (Fsp3) is 0.370. The third-order valence-corrected chi connectivity index (χ3v) is 9.07. The maximum Gasteiger partial charge on any atom is 0.263 e. The summed E-state index contributed by atoms with van der Waals surface area (Å²) < 4.78 is 28.2. The van der Waals surface area contributed by atoms with Crippen molar-refractivity contribution in [3.63, 3.8) is 0 Å². The first-order chi connectivity index (χ1) is 18.6. The molecule has 2 aromatic carbocycles. The standard InChI is InChI=1S/C27H30Cl2N6O3S/c1-18-17-30-27(29)31-25(18)32-39(37,38)23-8-6-22(7-9-23)33-12-14-34(15-13-33)26(36)19(2)35-11-3-4-20-16-21(28)5-10-24(20)35/h5-10,16-17,19H,3-4,11-15H2,1-2H3,(H,30,31,32)/t19-/m1/s1. The highest BCUT2D eigenvalue weighted by Gasteiger charge is 2.31. The number of aromatic nitrogens is 2. The molecule has 0 saturated carbocycles. The molecule has 1 atom stereocenters. The lowest BCUT2D eigenvalue weighted by atomic mass is 10.00. The number of anilines is 3. The van der Waals surface area contributed by atoms with Crippen LogP contribution >= 0.6 is 23.2 Å². The van der Waals surface area contributed by atoms with Gasteiger partial charge in [-0.3, -0.25) is 9.52 Å². The molecule has 0 radical (unpaired) electrons. The molecule has 206 valence electrons. The van der Waals surface area contributed by atoms with Crippen LogP contribution < -0.4 is 14.5 Å². The Hall–Kier alpha value is -3.08. The zero-order valence-corrected chi connectivity index (χ0v) is 24.1. The molecule has 3 aromatic rings. The number of hydrogen-bond donors (Lipinski definition) is 1. The van der Waals surface area contributed by atoms with Crippen molar-refractivity contribution in [2.45, 2.75) is 37.6 Å². The average molecular weight is 590 g/mol. The van der Waals surface area contributed by atoms with Gasteiger partial charge in [0.1, 0.15) is 11.9 Å². The number of carbonyl (C=O) groups excluding carboxylic acids is 1. The summed E-state index contributed by atoms with van der Waals surface area (Å²) in [5.74, 6) is 0.260. The van der Waals surface area contributed by atoms with Gasteiger partial charge >= 0.3 is 0 Å². The summed E-state index contributed by atoms with van der Waals surface area (Å²) in [7, 11) is -3.85. The number of amides is 1. The lowest BCUT2D eigenvalue weighted by Gasteiger charge is -2.41. The van der Waals surface area contributed by atoms with Crippen molar-refractivity contribution in [1.29, 1.82) is 0 Å². The Labute approximate surface area is 238 Å². The molecule has 1 aromatic heterocycles. The molecule has 5 rings (SSSR count). The second-order valence-electron chi connectivity index (χ2n) is 9.83. The van der Waals surface area contributed by atoms with E-state index in [1.165, 1.54) is 11.8 Å². The first-order valence-corrected chi connectivity index (χ1v) is 15.1. The van der Waals surface area contributed by atoms with Gasteiger partial charge in [-0.1, -0.05) is 11.6 Å². The summed E-state index contributed by atoms with van der Waals surface area (Å²) in [5, 5.41) is 0.685. The lowest BCUT2D eigenvalue weighted by Crippen LogP contribution is -2.55. The zero-order valence-electron chi connectivity index (χ0n) is 21.8. The topological polar surface area (TPSA) is 98.7 Å². The molecule has 1 fully saturated rings. The van der Waals surface area contributed by atoms with Crippen LogP contribution in [0, 0.1) is 6.92 Å². The molecule has 1 N–H and O–H groups in total. The van der Waals surface area contributed by atoms with Crippen LogP contribution in [0.5, 0.6) is 0 Å². The first kappa shape index (κ1) is 27.5. The van der Waals surface area contributed by atoms with Gasteiger partial charge < -0.3 is 14.7 Å². The number of fused-ring (bicyclic) bond motifs is 1. The second kappa shape index (κ2) is 11.2. The summed E-state index contributed by atoms with van der Waals surface area (Å²) in [4.78, 5) is 27.6. The number of hydrogen-bond acceptors (Lipinski definition) is 7. The maximum absolute atomic E-state index is 13.4. The predicted octanol–water partition coefficient (Wildman–Crippen LogP) is 4.38. The zero-order chi connectivity index (χ0) is 27.7. The monoisotopic (exact) mass is 588 g/mol. The van der Waals surface area contributed by atoms with Gasteiger partial charge in [0.05, 0.1) is 4.90 Å². The van der Waals surface area contributed by atoms with Crippen molar-refractivity contribution >= 4 is 56.3 Å². The highest BCUT2D eigenvalue weighted by molar-refractivity contribution is 7.92. The molecule has 0 spiro atoms. The Morgan fingerprint density at radius 3 is 2.46 bits per heavy atom. The Morgan fingerprint density at radius 2 is 1.74 bits per heavy atom. The van der Waals surface area contributed by atoms with E-state index in [0.717, 1.165) is 35.8 Å². The Morgan fingerprint density at radius 1 is 1.03 bits per heavy atom. The van der Waals surface area contributed by atoms with E-state index in [9.17, 15) is 13.2 Å². The van der Waals surface area contributed by atoms with E-state index in [2.05, 4.69) is 24.5 Å². The molecule has 0 aliphatic carbocycles. The van der Waals surface area contributed by atoms with E-state index < -0.39 is 10.0 Å². The number of nitrogens with one attached hydrogen (secondary N) is 1. The molecule has 39 heavy (non-hydrogen) atoms. The lowest BCUT2D eigenvalue weighted by molar-refractivity contribution is -0.132. The van der Waals surface area contributed by atoms with Crippen LogP contribution in [0.1, 0.15) is 24.5 Å². The van der Waals surface area contributed by atoms with Crippen LogP contribution in [0.15, 0.2) is 53.6 Å². The van der Waals surface area contributed by atoms with Crippen LogP contribution in [-0.2, 0) is 21.2 Å². The fourth-order valence-electron chi connectivity index (χ4n) is 5.13. The van der Waals surface area contributed by atoms with Gasteiger partial charge in [-0.25, -0.2) is 13.4 Å². The first-order valence-electron chi connectivity index (χ1n) is 12.8. The maximum atomic E-state index is 13.4. The van der Waals surface area contributed by atoms with Crippen molar-refractivity contribution < 1.29 is 13.2 Å². The quantitative estimate of drug-likeness (QED) is 0.426. The van der Waals surface area contributed by atoms with E-state index in [-0.39, 0.29) is 27.9 Å². The van der Waals surface area contributed by atoms with Gasteiger partial charge in [0.15, 0.2) is 0 Å². The Kier molecular flexibility index (Phi) is 7.89. The van der Waals surface area contributed by atoms with E-state index in [1.54, 1.807) is 31.2 Å². The average Bonchev–Trinajstić information content (AvgIpc) is 2.94. The van der Waals surface area contributed by atoms with E-state index >= 15 is 0 Å². The fourth-order valence-corrected chi connectivity index (χ4v) is 6.53. The molecule has 2 aliphatic heterocycles. The molecular weight excluding hydrogens is 559 g/mol. The summed E-state index contributed by atoms with van der Waals surface area (Å²) in [6.07, 6.45) is 3.42. The molecule has 2 aliphatic rings. The van der Waals surface area contributed by atoms with Gasteiger partial charge in [-0.2, -0.15) is 4.98 Å². The summed E-state index contributed by atoms with van der Waals surface area (Å²) >= 11 is 12.0. The number of piperazine rings is 1. The van der Waals surface area contributed by atoms with Crippen LogP contribution in [0.25, 0.3) is 0 Å². The number of sulfonamides is 1. The largest absolute Gasteiger partial charge is 0.368 e. The minimum Gasteiger partial charge on any atom is -0.368 e. The Bertz CT molecular complexity index is 1480. The van der Waals surface area contributed by atoms with Crippen molar-refractivity contribution in [2.24, 2.45) is 0 Å². The van der Waals surface area contributed by atoms with Crippen LogP contribution in [0.2, 0.25) is 10.3 Å². The SMILES string of the molecule is Cc1cnc(Cl)nc1NS(=O)(=O)c1ccc(N2CCN(C(=O)[C@@H](C)N3CCCc4cc(Cl)ccc43)CC2)cc1. The van der Waals surface area contributed by atoms with Gasteiger partial charge in [0.25, 0.3) is 10.0 Å². The third kappa shape index (κ3) is 5.92. The van der Waals surface area contributed by atoms with Crippen molar-refractivity contribution in [3.05, 3.63) is 70.1 Å². The molecule has 3 heterocycles. The Balaban J connectivity index is 1.20. The highest BCUT2D eigenvalue weighted by Crippen LogP contribution is 2.31. The molecule has 1 saturated heterocycles. The number of rotatable bonds is 6. The van der Waals surface area contributed by atoms with Crippen LogP contribution in [-0.4, -0.2) is 68.0 Å². The second-order valence-corrected chi connectivity index (χ2v) is 12.3. The van der Waals surface area contributed by atoms with Gasteiger partial charge in [-0.05, 0) is 86.3 Å². The van der Waals surface area contributed by atoms with E-state index in [0.29, 0.717) is 31.7 Å². The normalized spacial score (nSPS) is 16.6. The van der Waals surface area contributed by atoms with Gasteiger partial charge in [0, 0.05) is 60.9 Å². The van der Waals surface area contributed by atoms with Crippen LogP contribution in [0.4, 0.5) is 17.2 Å². The summed E-state index contributed by atoms with van der Waals surface area (Å²) in [5.41, 5.74) is 3.75. The van der Waals surface area contributed by atoms with Gasteiger partial charge in [-0.15, -0.1) is 0 Å². The predicted molar refractivity (Wildman–Crippen MR) is 154 cm³/mol. The molecule has 9 nitrogen and oxygen atoms in total. The van der Waals surface area contributed by atoms with Crippen molar-refractivity contribution in [1.82, 2.24) is 14.9 Å². The molecule has 12 heteroatoms. The van der Waals surface area contributed by atoms with Crippen molar-refractivity contribution in [2.75, 3.05) is 47.2 Å². The number of aryl methyl sites for hydroxylation is 2. The number of carbonyl (C=O) groups is 1. The van der Waals surface area contributed by atoms with E-state index in [4.69, 9.17) is 23.2 Å². The molecule has 0 unspecified atom stereocenters. The number of nitrogens with zero attached hydrogens (tertiary/aromatic N) is 5. The number of benzene rings is 2. The van der Waals surface area contributed by atoms with Crippen molar-refractivity contribution in [3.8, 4) is 0 Å². The van der Waals surface area contributed by atoms with Crippen LogP contribution in [0.3, 0.4) is 0 Å². The molecular formula is C27H30Cl2N6O3S. The molecule has 1 amide bonds. The summed E-state index contributed by atoms with van der Waals surface area (Å²) in [6.45, 7) is 7.03. The minimum atomic E-state index is -3.85. The third-order valence-electron chi connectivity index (χ3n) is 7.30. The smallest absolute Gasteiger partial charge is 0.263 e. The minimum absolute atomic E-state index is 0.0358. The molecule has 0 bridgehead atoms. The summed E-state index contributed by atoms with van der Waals surface area (Å²) in [6, 6.07) is 12.3. The highest BCUT2D eigenvalue weighted by atomic mass is 35.5.